The molecule has 2 N–H and O–H groups in total. The molecule has 2 rings (SSSR count). The van der Waals surface area contributed by atoms with E-state index in [1.54, 1.807) is 19.3 Å². The van der Waals surface area contributed by atoms with Gasteiger partial charge in [-0.1, -0.05) is 15.9 Å². The molecule has 1 aliphatic heterocycles. The van der Waals surface area contributed by atoms with E-state index in [1.165, 1.54) is 0 Å². The van der Waals surface area contributed by atoms with Crippen LogP contribution in [0.15, 0.2) is 27.6 Å². The molecule has 0 bridgehead atoms. The molecular formula is C13H13BrN2O3S. The number of hydrogen-bond donors (Lipinski definition) is 1. The molecule has 0 atom stereocenters. The van der Waals surface area contributed by atoms with Crippen LogP contribution in [-0.4, -0.2) is 36.2 Å². The Labute approximate surface area is 129 Å². The lowest BCUT2D eigenvalue weighted by molar-refractivity contribution is -0.122. The molecule has 0 spiro atoms. The zero-order valence-corrected chi connectivity index (χ0v) is 13.2. The first-order valence-corrected chi connectivity index (χ1v) is 7.46. The summed E-state index contributed by atoms with van der Waals surface area (Å²) in [5.74, 6) is 0.376. The summed E-state index contributed by atoms with van der Waals surface area (Å²) >= 11 is 4.33. The van der Waals surface area contributed by atoms with E-state index >= 15 is 0 Å². The summed E-state index contributed by atoms with van der Waals surface area (Å²) in [5.41, 5.74) is 6.17. The fraction of sp³-hybridized carbons (Fsp3) is 0.231. The van der Waals surface area contributed by atoms with Crippen LogP contribution in [0.5, 0.6) is 5.75 Å². The average molecular weight is 357 g/mol. The van der Waals surface area contributed by atoms with Crippen LogP contribution in [-0.2, 0) is 4.79 Å². The smallest absolute Gasteiger partial charge is 0.293 e. The summed E-state index contributed by atoms with van der Waals surface area (Å²) in [7, 11) is 1.57. The number of imide groups is 1. The van der Waals surface area contributed by atoms with E-state index in [0.717, 1.165) is 26.7 Å². The standard InChI is InChI=1S/C13H13BrN2O3S/c1-19-9-2-3-10(14)8(6-9)7-11-12(17)16(5-4-15)13(18)20-11/h2-3,6-7H,4-5,15H2,1H3/b11-7+. The first-order chi connectivity index (χ1) is 9.56. The molecule has 0 saturated carbocycles. The minimum absolute atomic E-state index is 0.237. The molecule has 0 aromatic heterocycles. The second-order valence-electron chi connectivity index (χ2n) is 4.01. The molecule has 1 saturated heterocycles. The van der Waals surface area contributed by atoms with Crippen LogP contribution in [0.2, 0.25) is 0 Å². The van der Waals surface area contributed by atoms with Gasteiger partial charge >= 0.3 is 0 Å². The Morgan fingerprint density at radius 3 is 2.85 bits per heavy atom. The monoisotopic (exact) mass is 356 g/mol. The normalized spacial score (nSPS) is 17.1. The van der Waals surface area contributed by atoms with Crippen LogP contribution in [0, 0.1) is 0 Å². The highest BCUT2D eigenvalue weighted by Crippen LogP contribution is 2.34. The summed E-state index contributed by atoms with van der Waals surface area (Å²) in [6.07, 6.45) is 1.67. The van der Waals surface area contributed by atoms with Gasteiger partial charge in [-0.2, -0.15) is 0 Å². The highest BCUT2D eigenvalue weighted by atomic mass is 79.9. The lowest BCUT2D eigenvalue weighted by Crippen LogP contribution is -2.33. The van der Waals surface area contributed by atoms with Crippen molar-refractivity contribution in [2.24, 2.45) is 5.73 Å². The predicted molar refractivity (Wildman–Crippen MR) is 82.4 cm³/mol. The van der Waals surface area contributed by atoms with Crippen molar-refractivity contribution in [3.63, 3.8) is 0 Å². The van der Waals surface area contributed by atoms with Gasteiger partial charge in [-0.3, -0.25) is 14.5 Å². The highest BCUT2D eigenvalue weighted by molar-refractivity contribution is 9.10. The molecule has 0 radical (unpaired) electrons. The van der Waals surface area contributed by atoms with Gasteiger partial charge in [-0.25, -0.2) is 0 Å². The maximum Gasteiger partial charge on any atom is 0.293 e. The lowest BCUT2D eigenvalue weighted by Gasteiger charge is -2.09. The van der Waals surface area contributed by atoms with Gasteiger partial charge in [0.25, 0.3) is 11.1 Å². The fourth-order valence-corrected chi connectivity index (χ4v) is 2.94. The molecule has 106 valence electrons. The Bertz CT molecular complexity index is 589. The van der Waals surface area contributed by atoms with E-state index in [0.29, 0.717) is 10.7 Å². The Kier molecular flexibility index (Phi) is 4.85. The van der Waals surface area contributed by atoms with Crippen molar-refractivity contribution in [2.45, 2.75) is 0 Å². The third kappa shape index (κ3) is 3.05. The molecule has 1 aromatic rings. The van der Waals surface area contributed by atoms with Crippen LogP contribution in [0.3, 0.4) is 0 Å². The van der Waals surface area contributed by atoms with Crippen LogP contribution < -0.4 is 10.5 Å². The van der Waals surface area contributed by atoms with E-state index in [1.807, 2.05) is 12.1 Å². The third-order valence-electron chi connectivity index (χ3n) is 2.72. The van der Waals surface area contributed by atoms with Gasteiger partial charge < -0.3 is 10.5 Å². The van der Waals surface area contributed by atoms with Gasteiger partial charge in [0.15, 0.2) is 0 Å². The van der Waals surface area contributed by atoms with Crippen molar-refractivity contribution in [1.82, 2.24) is 4.90 Å². The molecular weight excluding hydrogens is 344 g/mol. The van der Waals surface area contributed by atoms with Gasteiger partial charge in [0.2, 0.25) is 0 Å². The van der Waals surface area contributed by atoms with Crippen molar-refractivity contribution in [3.05, 3.63) is 33.1 Å². The predicted octanol–water partition coefficient (Wildman–Crippen LogP) is 2.45. The number of hydrogen-bond acceptors (Lipinski definition) is 5. The van der Waals surface area contributed by atoms with Gasteiger partial charge in [-0.05, 0) is 41.6 Å². The second-order valence-corrected chi connectivity index (χ2v) is 5.86. The molecule has 7 heteroatoms. The fourth-order valence-electron chi connectivity index (χ4n) is 1.72. The quantitative estimate of drug-likeness (QED) is 0.838. The SMILES string of the molecule is COc1ccc(Br)c(/C=C2/SC(=O)N(CCN)C2=O)c1. The molecule has 2 amide bonds. The largest absolute Gasteiger partial charge is 0.497 e. The van der Waals surface area contributed by atoms with Gasteiger partial charge in [0, 0.05) is 17.6 Å². The topological polar surface area (TPSA) is 72.6 Å². The number of nitrogens with two attached hydrogens (primary N) is 1. The average Bonchev–Trinajstić information content (AvgIpc) is 2.69. The number of halogens is 1. The summed E-state index contributed by atoms with van der Waals surface area (Å²) in [6, 6.07) is 5.43. The number of benzene rings is 1. The van der Waals surface area contributed by atoms with Gasteiger partial charge in [0.05, 0.1) is 12.0 Å². The number of amides is 2. The molecule has 0 aliphatic carbocycles. The van der Waals surface area contributed by atoms with Crippen LogP contribution in [0.1, 0.15) is 5.56 Å². The number of carbonyl (C=O) groups is 2. The molecule has 5 nitrogen and oxygen atoms in total. The second kappa shape index (κ2) is 6.43. The van der Waals surface area contributed by atoms with Crippen molar-refractivity contribution >= 4 is 44.9 Å². The minimum Gasteiger partial charge on any atom is -0.497 e. The zero-order valence-electron chi connectivity index (χ0n) is 10.8. The summed E-state index contributed by atoms with van der Waals surface area (Å²) < 4.78 is 5.97. The van der Waals surface area contributed by atoms with Crippen LogP contribution >= 0.6 is 27.7 Å². The molecule has 1 aliphatic rings. The van der Waals surface area contributed by atoms with Crippen molar-refractivity contribution in [3.8, 4) is 5.75 Å². The minimum atomic E-state index is -0.305. The van der Waals surface area contributed by atoms with Crippen LogP contribution in [0.4, 0.5) is 4.79 Å². The first kappa shape index (κ1) is 15.1. The van der Waals surface area contributed by atoms with Crippen molar-refractivity contribution in [2.75, 3.05) is 20.2 Å². The third-order valence-corrected chi connectivity index (χ3v) is 4.35. The maximum atomic E-state index is 12.1. The number of nitrogens with zero attached hydrogens (tertiary/aromatic N) is 1. The van der Waals surface area contributed by atoms with E-state index in [4.69, 9.17) is 10.5 Å². The number of methoxy groups -OCH3 is 1. The summed E-state index contributed by atoms with van der Waals surface area (Å²) in [4.78, 5) is 25.4. The number of thioether (sulfide) groups is 1. The van der Waals surface area contributed by atoms with Gasteiger partial charge in [-0.15, -0.1) is 0 Å². The van der Waals surface area contributed by atoms with Gasteiger partial charge in [0.1, 0.15) is 5.75 Å². The molecule has 1 heterocycles. The maximum absolute atomic E-state index is 12.1. The molecule has 0 unspecified atom stereocenters. The Morgan fingerprint density at radius 1 is 1.45 bits per heavy atom. The van der Waals surface area contributed by atoms with Crippen LogP contribution in [0.25, 0.3) is 6.08 Å². The van der Waals surface area contributed by atoms with E-state index in [9.17, 15) is 9.59 Å². The highest BCUT2D eigenvalue weighted by Gasteiger charge is 2.34. The Hall–Kier alpha value is -1.31. The van der Waals surface area contributed by atoms with E-state index < -0.39 is 0 Å². The van der Waals surface area contributed by atoms with E-state index in [-0.39, 0.29) is 24.2 Å². The Balaban J connectivity index is 2.32. The Morgan fingerprint density at radius 2 is 2.20 bits per heavy atom. The van der Waals surface area contributed by atoms with E-state index in [2.05, 4.69) is 15.9 Å². The number of carbonyl (C=O) groups excluding carboxylic acids is 2. The zero-order chi connectivity index (χ0) is 14.7. The van der Waals surface area contributed by atoms with Crippen molar-refractivity contribution in [1.29, 1.82) is 0 Å². The molecule has 20 heavy (non-hydrogen) atoms. The lowest BCUT2D eigenvalue weighted by atomic mass is 10.2. The number of ether oxygens (including phenoxy) is 1. The summed E-state index contributed by atoms with van der Waals surface area (Å²) in [6.45, 7) is 0.495. The molecule has 1 fully saturated rings. The summed E-state index contributed by atoms with van der Waals surface area (Å²) in [5, 5.41) is -0.286. The first-order valence-electron chi connectivity index (χ1n) is 5.85. The van der Waals surface area contributed by atoms with Crippen molar-refractivity contribution < 1.29 is 14.3 Å². The molecule has 1 aromatic carbocycles. The number of rotatable bonds is 4.